The number of aromatic nitrogens is 3. The van der Waals surface area contributed by atoms with Gasteiger partial charge in [0.1, 0.15) is 16.8 Å². The van der Waals surface area contributed by atoms with Gasteiger partial charge >= 0.3 is 0 Å². The van der Waals surface area contributed by atoms with Crippen molar-refractivity contribution in [1.82, 2.24) is 14.5 Å². The van der Waals surface area contributed by atoms with Crippen molar-refractivity contribution in [2.45, 2.75) is 0 Å². The van der Waals surface area contributed by atoms with Gasteiger partial charge in [-0.3, -0.25) is 9.55 Å². The summed E-state index contributed by atoms with van der Waals surface area (Å²) in [5.74, 6) is 0. The topological polar surface area (TPSA) is 43.9 Å². The van der Waals surface area contributed by atoms with E-state index >= 15 is 0 Å². The van der Waals surface area contributed by atoms with Gasteiger partial charge in [-0.25, -0.2) is 4.98 Å². The molecule has 240 valence electrons. The number of furan rings is 1. The van der Waals surface area contributed by atoms with E-state index in [0.717, 1.165) is 60.8 Å². The molecule has 0 amide bonds. The molecule has 4 aromatic heterocycles. The first-order chi connectivity index (χ1) is 25.3. The molecule has 6 aromatic carbocycles. The fraction of sp³-hybridized carbons (Fsp3) is 0. The largest absolute Gasteiger partial charge is 0.456 e. The van der Waals surface area contributed by atoms with Gasteiger partial charge in [0.2, 0.25) is 0 Å². The fourth-order valence-electron chi connectivity index (χ4n) is 8.02. The molecule has 4 heterocycles. The molecule has 0 aliphatic heterocycles. The zero-order valence-corrected chi connectivity index (χ0v) is 28.6. The third-order valence-corrected chi connectivity index (χ3v) is 15.0. The molecule has 51 heavy (non-hydrogen) atoms. The van der Waals surface area contributed by atoms with Crippen molar-refractivity contribution in [2.75, 3.05) is 0 Å². The molecule has 0 N–H and O–H groups in total. The van der Waals surface area contributed by atoms with E-state index in [-0.39, 0.29) is 0 Å². The molecular weight excluding hydrogens is 639 g/mol. The number of fused-ring (bicyclic) bond motifs is 6. The first-order valence-electron chi connectivity index (χ1n) is 17.2. The highest BCUT2D eigenvalue weighted by Gasteiger charge is 2.42. The van der Waals surface area contributed by atoms with Crippen LogP contribution in [0.15, 0.2) is 193 Å². The summed E-state index contributed by atoms with van der Waals surface area (Å²) in [4.78, 5) is 9.71. The minimum absolute atomic E-state index is 0.882. The summed E-state index contributed by atoms with van der Waals surface area (Å²) >= 11 is 0. The van der Waals surface area contributed by atoms with Gasteiger partial charge in [-0.05, 0) is 75.3 Å². The number of para-hydroxylation sites is 1. The van der Waals surface area contributed by atoms with Gasteiger partial charge in [0.25, 0.3) is 0 Å². The second-order valence-electron chi connectivity index (χ2n) is 13.0. The molecule has 0 fully saturated rings. The standard InChI is InChI=1S/C46H31N3OSi/c1-3-16-34(17-4-1)51(35-18-5-2-6-19-35,36-20-11-14-32(28-36)42-24-9-10-26-47-42)37-21-12-15-33(29-37)49-43-30-41-38-22-7-8-25-44(38)50-45(41)31-40(43)39-23-13-27-48-46(39)49/h1-31H. The minimum Gasteiger partial charge on any atom is -0.456 e. The molecular formula is C46H31N3OSi. The summed E-state index contributed by atoms with van der Waals surface area (Å²) in [5.41, 5.74) is 6.94. The minimum atomic E-state index is -2.89. The molecule has 0 radical (unpaired) electrons. The lowest BCUT2D eigenvalue weighted by atomic mass is 10.1. The third kappa shape index (κ3) is 4.59. The summed E-state index contributed by atoms with van der Waals surface area (Å²) in [6.45, 7) is 0. The monoisotopic (exact) mass is 669 g/mol. The summed E-state index contributed by atoms with van der Waals surface area (Å²) in [6.07, 6.45) is 3.75. The van der Waals surface area contributed by atoms with Crippen LogP contribution in [0.2, 0.25) is 0 Å². The van der Waals surface area contributed by atoms with Crippen molar-refractivity contribution in [3.05, 3.63) is 188 Å². The number of benzene rings is 6. The van der Waals surface area contributed by atoms with E-state index in [1.807, 2.05) is 36.7 Å². The van der Waals surface area contributed by atoms with Gasteiger partial charge in [-0.1, -0.05) is 121 Å². The molecule has 4 nitrogen and oxygen atoms in total. The second-order valence-corrected chi connectivity index (χ2v) is 16.8. The number of hydrogen-bond acceptors (Lipinski definition) is 3. The van der Waals surface area contributed by atoms with Crippen LogP contribution in [-0.2, 0) is 0 Å². The lowest BCUT2D eigenvalue weighted by Gasteiger charge is -2.35. The smallest absolute Gasteiger partial charge is 0.179 e. The summed E-state index contributed by atoms with van der Waals surface area (Å²) < 4.78 is 8.68. The predicted octanol–water partition coefficient (Wildman–Crippen LogP) is 8.52. The first-order valence-corrected chi connectivity index (χ1v) is 19.2. The zero-order chi connectivity index (χ0) is 33.8. The highest BCUT2D eigenvalue weighted by molar-refractivity contribution is 7.20. The fourth-order valence-corrected chi connectivity index (χ4v) is 12.8. The number of pyridine rings is 2. The molecule has 0 spiro atoms. The van der Waals surface area contributed by atoms with E-state index in [4.69, 9.17) is 14.4 Å². The first kappa shape index (κ1) is 29.4. The van der Waals surface area contributed by atoms with E-state index in [2.05, 4.69) is 156 Å². The van der Waals surface area contributed by atoms with Crippen molar-refractivity contribution in [2.24, 2.45) is 0 Å². The average molecular weight is 670 g/mol. The maximum absolute atomic E-state index is 6.35. The Hall–Kier alpha value is -6.56. The molecule has 5 heteroatoms. The molecule has 10 rings (SSSR count). The van der Waals surface area contributed by atoms with Gasteiger partial charge in [0.05, 0.1) is 11.2 Å². The van der Waals surface area contributed by atoms with Crippen molar-refractivity contribution in [3.63, 3.8) is 0 Å². The van der Waals surface area contributed by atoms with E-state index in [9.17, 15) is 0 Å². The van der Waals surface area contributed by atoms with E-state index < -0.39 is 8.07 Å². The number of hydrogen-bond donors (Lipinski definition) is 0. The van der Waals surface area contributed by atoms with Gasteiger partial charge in [-0.2, -0.15) is 0 Å². The van der Waals surface area contributed by atoms with E-state index in [1.165, 1.54) is 20.7 Å². The van der Waals surface area contributed by atoms with Crippen molar-refractivity contribution in [3.8, 4) is 16.9 Å². The highest BCUT2D eigenvalue weighted by Crippen LogP contribution is 2.37. The lowest BCUT2D eigenvalue weighted by Crippen LogP contribution is -2.74. The maximum atomic E-state index is 6.35. The molecule has 0 bridgehead atoms. The van der Waals surface area contributed by atoms with Gasteiger partial charge < -0.3 is 4.42 Å². The molecule has 0 saturated heterocycles. The van der Waals surface area contributed by atoms with Crippen LogP contribution in [0.4, 0.5) is 0 Å². The van der Waals surface area contributed by atoms with Crippen LogP contribution in [0.3, 0.4) is 0 Å². The molecule has 0 saturated carbocycles. The second kappa shape index (κ2) is 11.8. The molecule has 10 aromatic rings. The zero-order valence-electron chi connectivity index (χ0n) is 27.6. The van der Waals surface area contributed by atoms with Crippen molar-refractivity contribution < 1.29 is 4.42 Å². The van der Waals surface area contributed by atoms with Crippen LogP contribution in [-0.4, -0.2) is 22.6 Å². The van der Waals surface area contributed by atoms with Crippen molar-refractivity contribution >= 4 is 72.7 Å². The summed E-state index contributed by atoms with van der Waals surface area (Å²) in [7, 11) is -2.89. The van der Waals surface area contributed by atoms with Crippen LogP contribution < -0.4 is 20.7 Å². The Morgan fingerprint density at radius 2 is 1.10 bits per heavy atom. The molecule has 0 unspecified atom stereocenters. The predicted molar refractivity (Wildman–Crippen MR) is 213 cm³/mol. The van der Waals surface area contributed by atoms with Gasteiger partial charge in [0, 0.05) is 45.2 Å². The quantitative estimate of drug-likeness (QED) is 0.132. The molecule has 0 atom stereocenters. The number of nitrogens with zero attached hydrogens (tertiary/aromatic N) is 3. The van der Waals surface area contributed by atoms with Crippen LogP contribution in [0.25, 0.3) is 60.8 Å². The Morgan fingerprint density at radius 3 is 1.88 bits per heavy atom. The van der Waals surface area contributed by atoms with E-state index in [1.54, 1.807) is 0 Å². The Kier molecular flexibility index (Phi) is 6.79. The Labute approximate surface area is 295 Å². The molecule has 0 aliphatic carbocycles. The summed E-state index contributed by atoms with van der Waals surface area (Å²) in [6, 6.07) is 63.4. The Balaban J connectivity index is 1.28. The van der Waals surface area contributed by atoms with Gasteiger partial charge in [-0.15, -0.1) is 0 Å². The van der Waals surface area contributed by atoms with Crippen LogP contribution in [0.1, 0.15) is 0 Å². The van der Waals surface area contributed by atoms with Crippen molar-refractivity contribution in [1.29, 1.82) is 0 Å². The Morgan fingerprint density at radius 1 is 0.431 bits per heavy atom. The number of rotatable bonds is 6. The van der Waals surface area contributed by atoms with Gasteiger partial charge in [0.15, 0.2) is 8.07 Å². The van der Waals surface area contributed by atoms with E-state index in [0.29, 0.717) is 0 Å². The lowest BCUT2D eigenvalue weighted by molar-refractivity contribution is 0.669. The SMILES string of the molecule is c1ccc([Si](c2ccccc2)(c2cccc(-c3ccccn3)c2)c2cccc(-n3c4cc5c(cc4c4cccnc43)oc3ccccc35)c2)cc1. The molecule has 0 aliphatic rings. The van der Waals surface area contributed by atoms with Crippen LogP contribution in [0, 0.1) is 0 Å². The normalized spacial score (nSPS) is 11.9. The highest BCUT2D eigenvalue weighted by atomic mass is 28.3. The van der Waals surface area contributed by atoms with Crippen LogP contribution >= 0.6 is 0 Å². The Bertz CT molecular complexity index is 2820. The maximum Gasteiger partial charge on any atom is 0.179 e. The van der Waals surface area contributed by atoms with Crippen LogP contribution in [0.5, 0.6) is 0 Å². The third-order valence-electron chi connectivity index (χ3n) is 10.2. The average Bonchev–Trinajstić information content (AvgIpc) is 3.73. The summed E-state index contributed by atoms with van der Waals surface area (Å²) in [5, 5.41) is 9.65.